The molecule has 0 aromatic rings. The maximum Gasteiger partial charge on any atom is 0.225 e. The molecule has 0 saturated carbocycles. The van der Waals surface area contributed by atoms with E-state index in [1.165, 1.54) is 12.8 Å². The van der Waals surface area contributed by atoms with E-state index < -0.39 is 0 Å². The molecule has 5 nitrogen and oxygen atoms in total. The third-order valence-corrected chi connectivity index (χ3v) is 4.55. The molecule has 0 bridgehead atoms. The van der Waals surface area contributed by atoms with Gasteiger partial charge in [0.05, 0.1) is 0 Å². The maximum absolute atomic E-state index is 12.0. The Morgan fingerprint density at radius 2 is 1.91 bits per heavy atom. The number of likely N-dealkylation sites (tertiary alicyclic amines) is 1. The predicted molar refractivity (Wildman–Crippen MR) is 90.1 cm³/mol. The predicted octanol–water partition coefficient (Wildman–Crippen LogP) is 1.70. The fraction of sp³-hybridized carbons (Fsp3) is 0.875. The highest BCUT2D eigenvalue weighted by atomic mass is 35.5. The van der Waals surface area contributed by atoms with Gasteiger partial charge in [-0.15, -0.1) is 12.4 Å². The third kappa shape index (κ3) is 5.76. The molecule has 0 aromatic heterocycles. The fourth-order valence-electron chi connectivity index (χ4n) is 3.22. The summed E-state index contributed by atoms with van der Waals surface area (Å²) >= 11 is 0. The molecule has 2 amide bonds. The molecule has 2 rings (SSSR count). The lowest BCUT2D eigenvalue weighted by atomic mass is 10.0. The van der Waals surface area contributed by atoms with Crippen LogP contribution in [-0.4, -0.2) is 48.4 Å². The van der Waals surface area contributed by atoms with Crippen molar-refractivity contribution in [2.45, 2.75) is 64.5 Å². The Hall–Kier alpha value is -0.810. The molecule has 1 unspecified atom stereocenters. The van der Waals surface area contributed by atoms with Crippen molar-refractivity contribution in [1.82, 2.24) is 15.5 Å². The molecule has 2 N–H and O–H groups in total. The van der Waals surface area contributed by atoms with Crippen LogP contribution in [0, 0.1) is 5.92 Å². The average molecular weight is 332 g/mol. The second-order valence-corrected chi connectivity index (χ2v) is 6.65. The first-order valence-corrected chi connectivity index (χ1v) is 8.38. The van der Waals surface area contributed by atoms with Gasteiger partial charge >= 0.3 is 0 Å². The quantitative estimate of drug-likeness (QED) is 0.806. The number of nitrogens with zero attached hydrogens (tertiary/aromatic N) is 1. The highest BCUT2D eigenvalue weighted by Crippen LogP contribution is 2.14. The Balaban J connectivity index is 0.00000242. The molecule has 2 saturated heterocycles. The first kappa shape index (κ1) is 19.2. The van der Waals surface area contributed by atoms with E-state index in [4.69, 9.17) is 0 Å². The Labute approximate surface area is 140 Å². The molecule has 2 aliphatic rings. The number of amides is 2. The fourth-order valence-corrected chi connectivity index (χ4v) is 3.22. The average Bonchev–Trinajstić information content (AvgIpc) is 2.98. The van der Waals surface area contributed by atoms with Gasteiger partial charge in [-0.2, -0.15) is 0 Å². The highest BCUT2D eigenvalue weighted by Gasteiger charge is 2.25. The molecule has 1 atom stereocenters. The van der Waals surface area contributed by atoms with Crippen molar-refractivity contribution >= 4 is 24.2 Å². The van der Waals surface area contributed by atoms with Crippen LogP contribution in [0.15, 0.2) is 0 Å². The number of halogens is 1. The topological polar surface area (TPSA) is 61.4 Å². The van der Waals surface area contributed by atoms with Gasteiger partial charge in [-0.25, -0.2) is 0 Å². The monoisotopic (exact) mass is 331 g/mol. The first-order valence-electron chi connectivity index (χ1n) is 8.38. The SMILES string of the molecule is CC(C)C(=O)N1CCC(NC(=O)CCC2CCCN2)CC1.Cl. The summed E-state index contributed by atoms with van der Waals surface area (Å²) in [6, 6.07) is 0.770. The van der Waals surface area contributed by atoms with Gasteiger partial charge in [-0.3, -0.25) is 9.59 Å². The van der Waals surface area contributed by atoms with Crippen molar-refractivity contribution in [2.75, 3.05) is 19.6 Å². The van der Waals surface area contributed by atoms with Crippen molar-refractivity contribution in [3.8, 4) is 0 Å². The second kappa shape index (κ2) is 9.36. The van der Waals surface area contributed by atoms with Gasteiger partial charge < -0.3 is 15.5 Å². The summed E-state index contributed by atoms with van der Waals surface area (Å²) in [6.07, 6.45) is 5.74. The molecule has 128 valence electrons. The van der Waals surface area contributed by atoms with Gasteiger partial charge in [0, 0.05) is 37.5 Å². The van der Waals surface area contributed by atoms with E-state index in [0.717, 1.165) is 38.9 Å². The van der Waals surface area contributed by atoms with Gasteiger partial charge in [0.15, 0.2) is 0 Å². The van der Waals surface area contributed by atoms with Crippen molar-refractivity contribution in [3.05, 3.63) is 0 Å². The molecule has 0 spiro atoms. The molecule has 2 aliphatic heterocycles. The Morgan fingerprint density at radius 3 is 2.45 bits per heavy atom. The van der Waals surface area contributed by atoms with Gasteiger partial charge in [-0.05, 0) is 38.6 Å². The number of hydrogen-bond donors (Lipinski definition) is 2. The van der Waals surface area contributed by atoms with Crippen LogP contribution in [0.25, 0.3) is 0 Å². The summed E-state index contributed by atoms with van der Waals surface area (Å²) in [5, 5.41) is 6.55. The third-order valence-electron chi connectivity index (χ3n) is 4.55. The van der Waals surface area contributed by atoms with Gasteiger partial charge in [0.1, 0.15) is 0 Å². The zero-order chi connectivity index (χ0) is 15.2. The number of rotatable bonds is 5. The second-order valence-electron chi connectivity index (χ2n) is 6.65. The first-order chi connectivity index (χ1) is 10.1. The lowest BCUT2D eigenvalue weighted by Gasteiger charge is -2.33. The van der Waals surface area contributed by atoms with Crippen LogP contribution >= 0.6 is 12.4 Å². The van der Waals surface area contributed by atoms with E-state index in [1.54, 1.807) is 0 Å². The number of hydrogen-bond acceptors (Lipinski definition) is 3. The number of nitrogens with one attached hydrogen (secondary N) is 2. The van der Waals surface area contributed by atoms with Crippen LogP contribution in [0.4, 0.5) is 0 Å². The Bertz CT molecular complexity index is 362. The highest BCUT2D eigenvalue weighted by molar-refractivity contribution is 5.85. The molecule has 0 aromatic carbocycles. The molecule has 2 heterocycles. The van der Waals surface area contributed by atoms with E-state index in [2.05, 4.69) is 10.6 Å². The van der Waals surface area contributed by atoms with Crippen LogP contribution in [0.2, 0.25) is 0 Å². The lowest BCUT2D eigenvalue weighted by molar-refractivity contribution is -0.135. The number of piperidine rings is 1. The molecular formula is C16H30ClN3O2. The smallest absolute Gasteiger partial charge is 0.225 e. The Morgan fingerprint density at radius 1 is 1.23 bits per heavy atom. The standard InChI is InChI=1S/C16H29N3O2.ClH/c1-12(2)16(21)19-10-7-14(8-11-19)18-15(20)6-5-13-4-3-9-17-13;/h12-14,17H,3-11H2,1-2H3,(H,18,20);1H. The van der Waals surface area contributed by atoms with Crippen LogP contribution < -0.4 is 10.6 Å². The van der Waals surface area contributed by atoms with Crippen LogP contribution in [0.5, 0.6) is 0 Å². The van der Waals surface area contributed by atoms with E-state index in [1.807, 2.05) is 18.7 Å². The summed E-state index contributed by atoms with van der Waals surface area (Å²) in [4.78, 5) is 25.8. The minimum Gasteiger partial charge on any atom is -0.353 e. The maximum atomic E-state index is 12.0. The molecule has 0 radical (unpaired) electrons. The minimum atomic E-state index is 0. The van der Waals surface area contributed by atoms with Crippen LogP contribution in [0.3, 0.4) is 0 Å². The summed E-state index contributed by atoms with van der Waals surface area (Å²) < 4.78 is 0. The van der Waals surface area contributed by atoms with E-state index in [0.29, 0.717) is 12.5 Å². The molecule has 2 fully saturated rings. The van der Waals surface area contributed by atoms with Crippen LogP contribution in [-0.2, 0) is 9.59 Å². The van der Waals surface area contributed by atoms with Crippen molar-refractivity contribution in [3.63, 3.8) is 0 Å². The normalized spacial score (nSPS) is 22.5. The zero-order valence-electron chi connectivity index (χ0n) is 13.8. The molecular weight excluding hydrogens is 302 g/mol. The molecule has 0 aliphatic carbocycles. The summed E-state index contributed by atoms with van der Waals surface area (Å²) in [6.45, 7) is 6.51. The largest absolute Gasteiger partial charge is 0.353 e. The summed E-state index contributed by atoms with van der Waals surface area (Å²) in [5.74, 6) is 0.458. The van der Waals surface area contributed by atoms with Crippen molar-refractivity contribution in [2.24, 2.45) is 5.92 Å². The zero-order valence-corrected chi connectivity index (χ0v) is 14.6. The number of carbonyl (C=O) groups excluding carboxylic acids is 2. The van der Waals surface area contributed by atoms with Gasteiger partial charge in [0.2, 0.25) is 11.8 Å². The molecule has 22 heavy (non-hydrogen) atoms. The molecule has 6 heteroatoms. The lowest BCUT2D eigenvalue weighted by Crippen LogP contribution is -2.47. The van der Waals surface area contributed by atoms with E-state index >= 15 is 0 Å². The Kier molecular flexibility index (Phi) is 8.18. The van der Waals surface area contributed by atoms with Gasteiger partial charge in [0.25, 0.3) is 0 Å². The number of carbonyl (C=O) groups is 2. The summed E-state index contributed by atoms with van der Waals surface area (Å²) in [7, 11) is 0. The summed E-state index contributed by atoms with van der Waals surface area (Å²) in [5.41, 5.74) is 0. The van der Waals surface area contributed by atoms with E-state index in [9.17, 15) is 9.59 Å². The minimum absolute atomic E-state index is 0. The van der Waals surface area contributed by atoms with Crippen molar-refractivity contribution < 1.29 is 9.59 Å². The van der Waals surface area contributed by atoms with E-state index in [-0.39, 0.29) is 36.2 Å². The van der Waals surface area contributed by atoms with Crippen LogP contribution in [0.1, 0.15) is 52.4 Å². The van der Waals surface area contributed by atoms with Crippen molar-refractivity contribution in [1.29, 1.82) is 0 Å². The van der Waals surface area contributed by atoms with Gasteiger partial charge in [-0.1, -0.05) is 13.8 Å².